The normalized spacial score (nSPS) is 10.5. The second-order valence-electron chi connectivity index (χ2n) is 6.67. The molecule has 3 aromatic rings. The van der Waals surface area contributed by atoms with Gasteiger partial charge < -0.3 is 15.4 Å². The standard InChI is InChI=1S/C24H21BrN4O4/c1-2-33-19-12-10-18(11-13-19)27-22(30)20-8-3-4-9-21(20)28-23(31)24(32)29-26-15-16-6-5-7-17(25)14-16/h3-15H,2H2,1H3,(H,27,30)(H,28,31)(H,29,32)/b26-15-. The van der Waals surface area contributed by atoms with E-state index < -0.39 is 17.7 Å². The summed E-state index contributed by atoms with van der Waals surface area (Å²) in [4.78, 5) is 37.1. The van der Waals surface area contributed by atoms with Gasteiger partial charge in [-0.25, -0.2) is 5.43 Å². The van der Waals surface area contributed by atoms with Crippen LogP contribution in [-0.2, 0) is 9.59 Å². The van der Waals surface area contributed by atoms with Crippen LogP contribution in [0.3, 0.4) is 0 Å². The van der Waals surface area contributed by atoms with E-state index in [1.54, 1.807) is 54.6 Å². The van der Waals surface area contributed by atoms with Crippen molar-refractivity contribution in [2.75, 3.05) is 17.2 Å². The Morgan fingerprint density at radius 3 is 2.42 bits per heavy atom. The van der Waals surface area contributed by atoms with Gasteiger partial charge in [-0.15, -0.1) is 0 Å². The number of nitrogens with one attached hydrogen (secondary N) is 3. The monoisotopic (exact) mass is 508 g/mol. The van der Waals surface area contributed by atoms with Gasteiger partial charge in [-0.1, -0.05) is 40.2 Å². The van der Waals surface area contributed by atoms with E-state index in [2.05, 4.69) is 37.1 Å². The molecular formula is C24H21BrN4O4. The summed E-state index contributed by atoms with van der Waals surface area (Å²) in [6, 6.07) is 20.5. The molecule has 3 amide bonds. The first kappa shape index (κ1) is 23.7. The minimum absolute atomic E-state index is 0.192. The SMILES string of the molecule is CCOc1ccc(NC(=O)c2ccccc2NC(=O)C(=O)N/N=C\c2cccc(Br)c2)cc1. The number of rotatable bonds is 7. The van der Waals surface area contributed by atoms with E-state index in [0.29, 0.717) is 18.0 Å². The zero-order chi connectivity index (χ0) is 23.6. The van der Waals surface area contributed by atoms with Crippen molar-refractivity contribution < 1.29 is 19.1 Å². The van der Waals surface area contributed by atoms with E-state index in [0.717, 1.165) is 10.0 Å². The lowest BCUT2D eigenvalue weighted by atomic mass is 10.1. The molecule has 3 N–H and O–H groups in total. The Morgan fingerprint density at radius 2 is 1.70 bits per heavy atom. The molecule has 0 spiro atoms. The number of benzene rings is 3. The minimum atomic E-state index is -0.969. The summed E-state index contributed by atoms with van der Waals surface area (Å²) in [5.41, 5.74) is 3.85. The molecule has 0 radical (unpaired) electrons. The Kier molecular flexibility index (Phi) is 8.31. The number of hydrazone groups is 1. The number of carbonyl (C=O) groups is 3. The molecule has 3 aromatic carbocycles. The molecule has 0 fully saturated rings. The van der Waals surface area contributed by atoms with E-state index in [9.17, 15) is 14.4 Å². The Labute approximate surface area is 199 Å². The van der Waals surface area contributed by atoms with E-state index in [1.165, 1.54) is 12.3 Å². The third-order valence-corrected chi connectivity index (χ3v) is 4.77. The van der Waals surface area contributed by atoms with E-state index in [-0.39, 0.29) is 11.3 Å². The molecule has 3 rings (SSSR count). The first-order valence-electron chi connectivity index (χ1n) is 9.99. The Hall–Kier alpha value is -3.98. The smallest absolute Gasteiger partial charge is 0.329 e. The maximum Gasteiger partial charge on any atom is 0.329 e. The van der Waals surface area contributed by atoms with Crippen LogP contribution in [0.2, 0.25) is 0 Å². The number of para-hydroxylation sites is 1. The Balaban J connectivity index is 1.62. The Morgan fingerprint density at radius 1 is 0.939 bits per heavy atom. The number of hydrogen-bond acceptors (Lipinski definition) is 5. The quantitative estimate of drug-likeness (QED) is 0.252. The molecule has 168 valence electrons. The van der Waals surface area contributed by atoms with Crippen molar-refractivity contribution in [1.29, 1.82) is 0 Å². The van der Waals surface area contributed by atoms with Gasteiger partial charge in [-0.2, -0.15) is 5.10 Å². The number of hydrogen-bond donors (Lipinski definition) is 3. The van der Waals surface area contributed by atoms with Gasteiger partial charge in [0, 0.05) is 10.2 Å². The lowest BCUT2D eigenvalue weighted by molar-refractivity contribution is -0.136. The van der Waals surface area contributed by atoms with Gasteiger partial charge in [0.05, 0.1) is 24.1 Å². The van der Waals surface area contributed by atoms with E-state index in [1.807, 2.05) is 19.1 Å². The van der Waals surface area contributed by atoms with Crippen molar-refractivity contribution in [1.82, 2.24) is 5.43 Å². The van der Waals surface area contributed by atoms with Crippen LogP contribution in [0, 0.1) is 0 Å². The first-order valence-corrected chi connectivity index (χ1v) is 10.8. The number of anilines is 2. The molecule has 33 heavy (non-hydrogen) atoms. The third kappa shape index (κ3) is 7.01. The molecule has 8 nitrogen and oxygen atoms in total. The number of amides is 3. The number of halogens is 1. The van der Waals surface area contributed by atoms with Gasteiger partial charge in [0.25, 0.3) is 5.91 Å². The number of ether oxygens (including phenoxy) is 1. The highest BCUT2D eigenvalue weighted by atomic mass is 79.9. The van der Waals surface area contributed by atoms with Crippen molar-refractivity contribution >= 4 is 51.2 Å². The van der Waals surface area contributed by atoms with Gasteiger partial charge in [0.2, 0.25) is 0 Å². The van der Waals surface area contributed by atoms with Crippen LogP contribution in [0.15, 0.2) is 82.4 Å². The van der Waals surface area contributed by atoms with Gasteiger partial charge >= 0.3 is 11.8 Å². The molecule has 0 aliphatic carbocycles. The first-order chi connectivity index (χ1) is 16.0. The minimum Gasteiger partial charge on any atom is -0.494 e. The largest absolute Gasteiger partial charge is 0.494 e. The molecule has 0 aromatic heterocycles. The average molecular weight is 509 g/mol. The fourth-order valence-corrected chi connectivity index (χ4v) is 3.19. The molecule has 0 saturated heterocycles. The molecule has 0 bridgehead atoms. The molecule has 0 saturated carbocycles. The maximum absolute atomic E-state index is 12.7. The summed E-state index contributed by atoms with van der Waals surface area (Å²) in [6.07, 6.45) is 1.41. The van der Waals surface area contributed by atoms with E-state index in [4.69, 9.17) is 4.74 Å². The second-order valence-corrected chi connectivity index (χ2v) is 7.58. The summed E-state index contributed by atoms with van der Waals surface area (Å²) >= 11 is 3.34. The molecular weight excluding hydrogens is 488 g/mol. The summed E-state index contributed by atoms with van der Waals surface area (Å²) in [7, 11) is 0. The molecule has 0 atom stereocenters. The van der Waals surface area contributed by atoms with Crippen LogP contribution >= 0.6 is 15.9 Å². The predicted molar refractivity (Wildman–Crippen MR) is 131 cm³/mol. The van der Waals surface area contributed by atoms with Gasteiger partial charge in [-0.05, 0) is 61.0 Å². The highest BCUT2D eigenvalue weighted by Crippen LogP contribution is 2.20. The van der Waals surface area contributed by atoms with Crippen molar-refractivity contribution in [3.63, 3.8) is 0 Å². The van der Waals surface area contributed by atoms with Crippen LogP contribution < -0.4 is 20.8 Å². The molecule has 0 unspecified atom stereocenters. The maximum atomic E-state index is 12.7. The fraction of sp³-hybridized carbons (Fsp3) is 0.0833. The predicted octanol–water partition coefficient (Wildman–Crippen LogP) is 4.19. The van der Waals surface area contributed by atoms with Crippen LogP contribution in [-0.4, -0.2) is 30.5 Å². The molecule has 0 heterocycles. The van der Waals surface area contributed by atoms with Gasteiger partial charge in [-0.3, -0.25) is 14.4 Å². The fourth-order valence-electron chi connectivity index (χ4n) is 2.77. The van der Waals surface area contributed by atoms with Crippen molar-refractivity contribution in [3.8, 4) is 5.75 Å². The van der Waals surface area contributed by atoms with Gasteiger partial charge in [0.15, 0.2) is 0 Å². The highest BCUT2D eigenvalue weighted by Gasteiger charge is 2.17. The Bertz CT molecular complexity index is 1180. The van der Waals surface area contributed by atoms with Crippen LogP contribution in [0.1, 0.15) is 22.8 Å². The lowest BCUT2D eigenvalue weighted by Crippen LogP contribution is -2.33. The van der Waals surface area contributed by atoms with Crippen molar-refractivity contribution in [2.45, 2.75) is 6.92 Å². The second kappa shape index (κ2) is 11.6. The van der Waals surface area contributed by atoms with Crippen LogP contribution in [0.4, 0.5) is 11.4 Å². The van der Waals surface area contributed by atoms with Crippen molar-refractivity contribution in [2.24, 2.45) is 5.10 Å². The zero-order valence-corrected chi connectivity index (χ0v) is 19.3. The van der Waals surface area contributed by atoms with E-state index >= 15 is 0 Å². The molecule has 9 heteroatoms. The van der Waals surface area contributed by atoms with Crippen molar-refractivity contribution in [3.05, 3.63) is 88.4 Å². The highest BCUT2D eigenvalue weighted by molar-refractivity contribution is 9.10. The zero-order valence-electron chi connectivity index (χ0n) is 17.7. The number of carbonyl (C=O) groups excluding carboxylic acids is 3. The van der Waals surface area contributed by atoms with Crippen LogP contribution in [0.5, 0.6) is 5.75 Å². The topological polar surface area (TPSA) is 109 Å². The molecule has 0 aliphatic heterocycles. The third-order valence-electron chi connectivity index (χ3n) is 4.28. The summed E-state index contributed by atoms with van der Waals surface area (Å²) in [5, 5.41) is 8.98. The summed E-state index contributed by atoms with van der Waals surface area (Å²) in [5.74, 6) is -1.68. The summed E-state index contributed by atoms with van der Waals surface area (Å²) < 4.78 is 6.24. The molecule has 0 aliphatic rings. The average Bonchev–Trinajstić information content (AvgIpc) is 2.81. The number of nitrogens with zero attached hydrogens (tertiary/aromatic N) is 1. The van der Waals surface area contributed by atoms with Gasteiger partial charge in [0.1, 0.15) is 5.75 Å². The van der Waals surface area contributed by atoms with Crippen LogP contribution in [0.25, 0.3) is 0 Å². The lowest BCUT2D eigenvalue weighted by Gasteiger charge is -2.11. The summed E-state index contributed by atoms with van der Waals surface area (Å²) in [6.45, 7) is 2.43.